The monoisotopic (exact) mass is 430 g/mol. The van der Waals surface area contributed by atoms with Crippen LogP contribution in [0.5, 0.6) is 0 Å². The van der Waals surface area contributed by atoms with Crippen LogP contribution >= 0.6 is 0 Å². The van der Waals surface area contributed by atoms with Crippen molar-refractivity contribution >= 4 is 28.6 Å². The Morgan fingerprint density at radius 3 is 2.47 bits per heavy atom. The summed E-state index contributed by atoms with van der Waals surface area (Å²) in [5.41, 5.74) is 1.30. The number of hydrogen-bond acceptors (Lipinski definition) is 4. The number of benzene rings is 3. The van der Waals surface area contributed by atoms with Gasteiger partial charge in [0.1, 0.15) is 0 Å². The molecule has 2 atom stereocenters. The number of nitrogens with zero attached hydrogens (tertiary/aromatic N) is 1. The van der Waals surface area contributed by atoms with Gasteiger partial charge in [-0.25, -0.2) is 4.79 Å². The van der Waals surface area contributed by atoms with Gasteiger partial charge < -0.3 is 15.0 Å². The fraction of sp³-hybridized carbons (Fsp3) is 0.269. The second kappa shape index (κ2) is 9.64. The van der Waals surface area contributed by atoms with Crippen LogP contribution in [-0.2, 0) is 14.3 Å². The van der Waals surface area contributed by atoms with Gasteiger partial charge in [-0.15, -0.1) is 0 Å². The molecule has 4 rings (SSSR count). The molecule has 1 fully saturated rings. The number of carbonyl (C=O) groups excluding carboxylic acids is 3. The van der Waals surface area contributed by atoms with Gasteiger partial charge >= 0.3 is 5.97 Å². The number of ether oxygens (including phenoxy) is 1. The maximum absolute atomic E-state index is 13.3. The first kappa shape index (κ1) is 21.6. The van der Waals surface area contributed by atoms with Crippen molar-refractivity contribution < 1.29 is 19.1 Å². The molecule has 0 aliphatic carbocycles. The highest BCUT2D eigenvalue weighted by molar-refractivity contribution is 6.07. The molecule has 0 radical (unpaired) electrons. The number of hydrogen-bond donors (Lipinski definition) is 1. The van der Waals surface area contributed by atoms with E-state index in [0.717, 1.165) is 17.2 Å². The van der Waals surface area contributed by atoms with Crippen molar-refractivity contribution in [3.63, 3.8) is 0 Å². The van der Waals surface area contributed by atoms with Crippen LogP contribution < -0.4 is 5.32 Å². The molecular formula is C26H26N2O4. The molecule has 1 aliphatic rings. The van der Waals surface area contributed by atoms with Crippen LogP contribution in [0.3, 0.4) is 0 Å². The van der Waals surface area contributed by atoms with Crippen molar-refractivity contribution in [1.29, 1.82) is 0 Å². The van der Waals surface area contributed by atoms with Gasteiger partial charge in [0, 0.05) is 18.7 Å². The van der Waals surface area contributed by atoms with Crippen molar-refractivity contribution in [2.24, 2.45) is 5.92 Å². The van der Waals surface area contributed by atoms with E-state index in [4.69, 9.17) is 4.74 Å². The molecule has 2 amide bonds. The third kappa shape index (κ3) is 4.49. The fourth-order valence-electron chi connectivity index (χ4n) is 4.26. The second-order valence-electron chi connectivity index (χ2n) is 7.99. The van der Waals surface area contributed by atoms with Gasteiger partial charge in [-0.05, 0) is 35.2 Å². The number of rotatable bonds is 5. The van der Waals surface area contributed by atoms with E-state index < -0.39 is 17.9 Å². The molecule has 1 heterocycles. The summed E-state index contributed by atoms with van der Waals surface area (Å²) in [5.74, 6) is -1.24. The minimum absolute atomic E-state index is 0.0770. The zero-order valence-corrected chi connectivity index (χ0v) is 18.0. The van der Waals surface area contributed by atoms with E-state index in [1.54, 1.807) is 17.0 Å². The number of esters is 1. The predicted octanol–water partition coefficient (Wildman–Crippen LogP) is 3.72. The highest BCUT2D eigenvalue weighted by Crippen LogP contribution is 2.24. The summed E-state index contributed by atoms with van der Waals surface area (Å²) >= 11 is 0. The van der Waals surface area contributed by atoms with Crippen molar-refractivity contribution in [3.05, 3.63) is 83.9 Å². The average Bonchev–Trinajstić information content (AvgIpc) is 2.86. The molecule has 32 heavy (non-hydrogen) atoms. The third-order valence-electron chi connectivity index (χ3n) is 5.96. The first-order valence-electron chi connectivity index (χ1n) is 10.8. The van der Waals surface area contributed by atoms with Crippen LogP contribution in [0, 0.1) is 5.92 Å². The minimum atomic E-state index is -0.877. The highest BCUT2D eigenvalue weighted by Gasteiger charge is 2.32. The lowest BCUT2D eigenvalue weighted by Gasteiger charge is -2.33. The van der Waals surface area contributed by atoms with Gasteiger partial charge in [0.15, 0.2) is 6.04 Å². The van der Waals surface area contributed by atoms with Crippen LogP contribution in [0.2, 0.25) is 0 Å². The van der Waals surface area contributed by atoms with Crippen LogP contribution in [0.4, 0.5) is 0 Å². The Kier molecular flexibility index (Phi) is 6.50. The number of nitrogens with one attached hydrogen (secondary N) is 1. The van der Waals surface area contributed by atoms with E-state index in [9.17, 15) is 14.4 Å². The van der Waals surface area contributed by atoms with Gasteiger partial charge in [0.2, 0.25) is 5.91 Å². The van der Waals surface area contributed by atoms with Crippen LogP contribution in [0.15, 0.2) is 72.8 Å². The van der Waals surface area contributed by atoms with E-state index in [1.165, 1.54) is 7.11 Å². The molecular weight excluding hydrogens is 404 g/mol. The Morgan fingerprint density at radius 1 is 0.969 bits per heavy atom. The number of likely N-dealkylation sites (tertiary alicyclic amines) is 1. The number of methoxy groups -OCH3 is 1. The molecule has 1 saturated heterocycles. The molecule has 0 aromatic heterocycles. The second-order valence-corrected chi connectivity index (χ2v) is 7.99. The minimum Gasteiger partial charge on any atom is -0.467 e. The van der Waals surface area contributed by atoms with Crippen molar-refractivity contribution in [3.8, 4) is 0 Å². The Labute approximate surface area is 187 Å². The molecule has 3 aromatic rings. The molecule has 6 nitrogen and oxygen atoms in total. The lowest BCUT2D eigenvalue weighted by molar-refractivity contribution is -0.146. The standard InChI is InChI=1S/C26H26N2O4/c1-32-26(31)23(19-10-3-2-4-11-19)27-24(29)20-13-8-16-28(17-20)25(30)22-15-7-12-18-9-5-6-14-21(18)22/h2-7,9-12,14-15,20,23H,8,13,16-17H2,1H3,(H,27,29). The summed E-state index contributed by atoms with van der Waals surface area (Å²) in [7, 11) is 1.30. The van der Waals surface area contributed by atoms with E-state index >= 15 is 0 Å². The van der Waals surface area contributed by atoms with Gasteiger partial charge in [-0.3, -0.25) is 9.59 Å². The Bertz CT molecular complexity index is 1120. The molecule has 3 aromatic carbocycles. The lowest BCUT2D eigenvalue weighted by atomic mass is 9.95. The zero-order valence-electron chi connectivity index (χ0n) is 18.0. The predicted molar refractivity (Wildman–Crippen MR) is 122 cm³/mol. The van der Waals surface area contributed by atoms with Crippen LogP contribution in [0.25, 0.3) is 10.8 Å². The topological polar surface area (TPSA) is 75.7 Å². The first-order valence-corrected chi connectivity index (χ1v) is 10.8. The van der Waals surface area contributed by atoms with Crippen molar-refractivity contribution in [2.75, 3.05) is 20.2 Å². The molecule has 164 valence electrons. The highest BCUT2D eigenvalue weighted by atomic mass is 16.5. The third-order valence-corrected chi connectivity index (χ3v) is 5.96. The summed E-state index contributed by atoms with van der Waals surface area (Å²) < 4.78 is 4.89. The van der Waals surface area contributed by atoms with E-state index in [2.05, 4.69) is 5.32 Å². The zero-order chi connectivity index (χ0) is 22.5. The maximum Gasteiger partial charge on any atom is 0.333 e. The SMILES string of the molecule is COC(=O)C(NC(=O)C1CCCN(C(=O)c2cccc3ccccc23)C1)c1ccccc1. The molecule has 1 N–H and O–H groups in total. The normalized spacial score (nSPS) is 16.9. The number of fused-ring (bicyclic) bond motifs is 1. The smallest absolute Gasteiger partial charge is 0.333 e. The molecule has 1 aliphatic heterocycles. The Morgan fingerprint density at radius 2 is 1.69 bits per heavy atom. The van der Waals surface area contributed by atoms with Crippen molar-refractivity contribution in [1.82, 2.24) is 10.2 Å². The summed E-state index contributed by atoms with van der Waals surface area (Å²) in [5, 5.41) is 4.74. The summed E-state index contributed by atoms with van der Waals surface area (Å²) in [6.45, 7) is 0.918. The Hall–Kier alpha value is -3.67. The number of amides is 2. The molecule has 0 spiro atoms. The van der Waals surface area contributed by atoms with Gasteiger partial charge in [0.25, 0.3) is 5.91 Å². The average molecular weight is 431 g/mol. The fourth-order valence-corrected chi connectivity index (χ4v) is 4.26. The maximum atomic E-state index is 13.3. The van der Waals surface area contributed by atoms with E-state index in [-0.39, 0.29) is 11.8 Å². The number of piperidine rings is 1. The number of carbonyl (C=O) groups is 3. The molecule has 0 saturated carbocycles. The van der Waals surface area contributed by atoms with E-state index in [0.29, 0.717) is 30.6 Å². The molecule has 0 bridgehead atoms. The molecule has 6 heteroatoms. The van der Waals surface area contributed by atoms with Crippen molar-refractivity contribution in [2.45, 2.75) is 18.9 Å². The van der Waals surface area contributed by atoms with Gasteiger partial charge in [-0.1, -0.05) is 66.7 Å². The lowest BCUT2D eigenvalue weighted by Crippen LogP contribution is -2.47. The summed E-state index contributed by atoms with van der Waals surface area (Å²) in [4.78, 5) is 40.4. The largest absolute Gasteiger partial charge is 0.467 e. The quantitative estimate of drug-likeness (QED) is 0.626. The van der Waals surface area contributed by atoms with Gasteiger partial charge in [-0.2, -0.15) is 0 Å². The van der Waals surface area contributed by atoms with Crippen LogP contribution in [0.1, 0.15) is 34.8 Å². The van der Waals surface area contributed by atoms with E-state index in [1.807, 2.05) is 60.7 Å². The Balaban J connectivity index is 1.50. The summed E-state index contributed by atoms with van der Waals surface area (Å²) in [6, 6.07) is 21.6. The molecule has 2 unspecified atom stereocenters. The van der Waals surface area contributed by atoms with Crippen LogP contribution in [-0.4, -0.2) is 42.9 Å². The first-order chi connectivity index (χ1) is 15.6. The summed E-state index contributed by atoms with van der Waals surface area (Å²) in [6.07, 6.45) is 1.39. The van der Waals surface area contributed by atoms with Gasteiger partial charge in [0.05, 0.1) is 13.0 Å².